The summed E-state index contributed by atoms with van der Waals surface area (Å²) in [5, 5.41) is 17.7. The zero-order valence-electron chi connectivity index (χ0n) is 10.1. The fraction of sp³-hybridized carbons (Fsp3) is 0.636. The number of rotatable bonds is 6. The van der Waals surface area contributed by atoms with E-state index in [-0.39, 0.29) is 31.4 Å². The maximum atomic E-state index is 11.8. The van der Waals surface area contributed by atoms with E-state index in [2.05, 4.69) is 12.6 Å². The largest absolute Gasteiger partial charge is 0.481 e. The molecule has 0 unspecified atom stereocenters. The molecule has 7 nitrogen and oxygen atoms in total. The first-order valence-corrected chi connectivity index (χ1v) is 6.40. The number of imide groups is 1. The average molecular weight is 289 g/mol. The van der Waals surface area contributed by atoms with Gasteiger partial charge >= 0.3 is 11.9 Å². The predicted octanol–water partition coefficient (Wildman–Crippen LogP) is -0.000600. The van der Waals surface area contributed by atoms with E-state index in [9.17, 15) is 19.2 Å². The lowest BCUT2D eigenvalue weighted by atomic mass is 9.91. The number of thiol groups is 1. The lowest BCUT2D eigenvalue weighted by molar-refractivity contribution is -0.162. The van der Waals surface area contributed by atoms with Gasteiger partial charge in [-0.1, -0.05) is 0 Å². The van der Waals surface area contributed by atoms with Crippen molar-refractivity contribution in [2.24, 2.45) is 5.92 Å². The highest BCUT2D eigenvalue weighted by Crippen LogP contribution is 2.25. The van der Waals surface area contributed by atoms with Crippen molar-refractivity contribution in [3.63, 3.8) is 0 Å². The molecule has 0 saturated carbocycles. The lowest BCUT2D eigenvalue weighted by Crippen LogP contribution is -2.52. The van der Waals surface area contributed by atoms with Crippen LogP contribution in [0.2, 0.25) is 0 Å². The minimum absolute atomic E-state index is 0.0690. The Morgan fingerprint density at radius 3 is 2.16 bits per heavy atom. The van der Waals surface area contributed by atoms with E-state index >= 15 is 0 Å². The molecule has 1 heterocycles. The molecule has 1 fully saturated rings. The van der Waals surface area contributed by atoms with Gasteiger partial charge in [0.05, 0.1) is 0 Å². The molecular formula is C11H15NO6S. The van der Waals surface area contributed by atoms with Crippen LogP contribution in [0.5, 0.6) is 0 Å². The van der Waals surface area contributed by atoms with Gasteiger partial charge < -0.3 is 10.2 Å². The minimum atomic E-state index is -1.26. The van der Waals surface area contributed by atoms with Crippen molar-refractivity contribution in [2.75, 3.05) is 5.75 Å². The monoisotopic (exact) mass is 289 g/mol. The van der Waals surface area contributed by atoms with Gasteiger partial charge in [-0.05, 0) is 18.1 Å². The van der Waals surface area contributed by atoms with Crippen LogP contribution in [0, 0.1) is 5.92 Å². The molecule has 2 N–H and O–H groups in total. The Kier molecular flexibility index (Phi) is 5.34. The number of carbonyl (C=O) groups is 4. The van der Waals surface area contributed by atoms with Crippen molar-refractivity contribution in [1.29, 1.82) is 0 Å². The normalized spacial score (nSPS) is 18.5. The Balaban J connectivity index is 2.82. The van der Waals surface area contributed by atoms with Crippen molar-refractivity contribution >= 4 is 36.4 Å². The van der Waals surface area contributed by atoms with Crippen LogP contribution in [0.15, 0.2) is 0 Å². The number of likely N-dealkylation sites (tertiary alicyclic amines) is 1. The van der Waals surface area contributed by atoms with Crippen molar-refractivity contribution in [2.45, 2.75) is 31.7 Å². The Morgan fingerprint density at radius 1 is 1.26 bits per heavy atom. The van der Waals surface area contributed by atoms with Gasteiger partial charge in [0.25, 0.3) is 0 Å². The first kappa shape index (κ1) is 15.5. The molecule has 0 aromatic rings. The van der Waals surface area contributed by atoms with Crippen LogP contribution >= 0.6 is 12.6 Å². The van der Waals surface area contributed by atoms with Crippen LogP contribution in [0.3, 0.4) is 0 Å². The SMILES string of the molecule is O=C(O)CC1CC(=O)N([C@@H](CCS)C(=O)O)C(=O)C1. The van der Waals surface area contributed by atoms with Crippen LogP contribution in [0.1, 0.15) is 25.7 Å². The van der Waals surface area contributed by atoms with Crippen LogP contribution in [0.25, 0.3) is 0 Å². The Bertz CT molecular complexity index is 392. The molecule has 1 atom stereocenters. The minimum Gasteiger partial charge on any atom is -0.481 e. The van der Waals surface area contributed by atoms with E-state index in [4.69, 9.17) is 10.2 Å². The van der Waals surface area contributed by atoms with Crippen LogP contribution in [0.4, 0.5) is 0 Å². The lowest BCUT2D eigenvalue weighted by Gasteiger charge is -2.33. The van der Waals surface area contributed by atoms with E-state index in [0.29, 0.717) is 0 Å². The summed E-state index contributed by atoms with van der Waals surface area (Å²) < 4.78 is 0. The zero-order chi connectivity index (χ0) is 14.6. The fourth-order valence-electron chi connectivity index (χ4n) is 2.13. The first-order valence-electron chi connectivity index (χ1n) is 5.77. The van der Waals surface area contributed by atoms with Crippen LogP contribution in [-0.4, -0.2) is 50.7 Å². The van der Waals surface area contributed by atoms with Gasteiger partial charge in [-0.3, -0.25) is 19.3 Å². The molecule has 0 radical (unpaired) electrons. The summed E-state index contributed by atoms with van der Waals surface area (Å²) in [4.78, 5) is 46.0. The Morgan fingerprint density at radius 2 is 1.79 bits per heavy atom. The summed E-state index contributed by atoms with van der Waals surface area (Å²) in [5.41, 5.74) is 0. The molecule has 1 saturated heterocycles. The average Bonchev–Trinajstić information content (AvgIpc) is 2.25. The Hall–Kier alpha value is -1.57. The molecular weight excluding hydrogens is 274 g/mol. The van der Waals surface area contributed by atoms with E-state index in [0.717, 1.165) is 4.90 Å². The second-order valence-corrected chi connectivity index (χ2v) is 4.84. The number of carboxylic acid groups (broad SMARTS) is 2. The fourth-order valence-corrected chi connectivity index (χ4v) is 2.37. The molecule has 1 aliphatic heterocycles. The van der Waals surface area contributed by atoms with E-state index in [1.807, 2.05) is 0 Å². The molecule has 106 valence electrons. The molecule has 2 amide bonds. The molecule has 0 aromatic carbocycles. The van der Waals surface area contributed by atoms with Gasteiger partial charge in [0.15, 0.2) is 0 Å². The molecule has 8 heteroatoms. The number of piperidine rings is 1. The Labute approximate surface area is 115 Å². The van der Waals surface area contributed by atoms with Gasteiger partial charge in [-0.2, -0.15) is 12.6 Å². The molecule has 19 heavy (non-hydrogen) atoms. The van der Waals surface area contributed by atoms with E-state index in [1.54, 1.807) is 0 Å². The van der Waals surface area contributed by atoms with Crippen molar-refractivity contribution in [3.05, 3.63) is 0 Å². The van der Waals surface area contributed by atoms with E-state index in [1.165, 1.54) is 0 Å². The van der Waals surface area contributed by atoms with Crippen molar-refractivity contribution in [1.82, 2.24) is 4.90 Å². The third-order valence-electron chi connectivity index (χ3n) is 2.93. The number of amides is 2. The highest BCUT2D eigenvalue weighted by Gasteiger charge is 2.40. The first-order chi connectivity index (χ1) is 8.86. The number of carbonyl (C=O) groups excluding carboxylic acids is 2. The highest BCUT2D eigenvalue weighted by atomic mass is 32.1. The number of hydrogen-bond donors (Lipinski definition) is 3. The standard InChI is InChI=1S/C11H15NO6S/c13-8-3-6(5-10(15)16)4-9(14)12(8)7(1-2-19)11(17)18/h6-7,19H,1-5H2,(H,15,16)(H,17,18)/t7-/m0/s1. The third kappa shape index (κ3) is 3.95. The summed E-state index contributed by atoms with van der Waals surface area (Å²) >= 11 is 3.91. The summed E-state index contributed by atoms with van der Waals surface area (Å²) in [5.74, 6) is -3.92. The second kappa shape index (κ2) is 6.55. The van der Waals surface area contributed by atoms with E-state index < -0.39 is 35.7 Å². The summed E-state index contributed by atoms with van der Waals surface area (Å²) in [6.07, 6.45) is -0.433. The summed E-state index contributed by atoms with van der Waals surface area (Å²) in [6, 6.07) is -1.22. The number of aliphatic carboxylic acids is 2. The van der Waals surface area contributed by atoms with Gasteiger partial charge in [0.2, 0.25) is 11.8 Å². The topological polar surface area (TPSA) is 112 Å². The highest BCUT2D eigenvalue weighted by molar-refractivity contribution is 7.80. The maximum absolute atomic E-state index is 11.8. The summed E-state index contributed by atoms with van der Waals surface area (Å²) in [7, 11) is 0. The van der Waals surface area contributed by atoms with Crippen LogP contribution in [-0.2, 0) is 19.2 Å². The number of hydrogen-bond acceptors (Lipinski definition) is 5. The van der Waals surface area contributed by atoms with Gasteiger partial charge in [0.1, 0.15) is 6.04 Å². The molecule has 0 bridgehead atoms. The van der Waals surface area contributed by atoms with Gasteiger partial charge in [-0.15, -0.1) is 0 Å². The summed E-state index contributed by atoms with van der Waals surface area (Å²) in [6.45, 7) is 0. The van der Waals surface area contributed by atoms with Crippen molar-refractivity contribution < 1.29 is 29.4 Å². The smallest absolute Gasteiger partial charge is 0.326 e. The van der Waals surface area contributed by atoms with Gasteiger partial charge in [-0.25, -0.2) is 4.79 Å². The van der Waals surface area contributed by atoms with Crippen molar-refractivity contribution in [3.8, 4) is 0 Å². The molecule has 0 spiro atoms. The maximum Gasteiger partial charge on any atom is 0.326 e. The number of carboxylic acids is 2. The molecule has 0 aromatic heterocycles. The quantitative estimate of drug-likeness (QED) is 0.469. The molecule has 0 aliphatic carbocycles. The molecule has 1 rings (SSSR count). The number of nitrogens with zero attached hydrogens (tertiary/aromatic N) is 1. The molecule has 1 aliphatic rings. The third-order valence-corrected chi connectivity index (χ3v) is 3.18. The second-order valence-electron chi connectivity index (χ2n) is 4.40. The van der Waals surface area contributed by atoms with Crippen LogP contribution < -0.4 is 0 Å². The predicted molar refractivity (Wildman–Crippen MR) is 66.7 cm³/mol. The van der Waals surface area contributed by atoms with Gasteiger partial charge in [0, 0.05) is 19.3 Å². The zero-order valence-corrected chi connectivity index (χ0v) is 11.0.